The van der Waals surface area contributed by atoms with Gasteiger partial charge in [-0.1, -0.05) is 50.5 Å². The van der Waals surface area contributed by atoms with Crippen molar-refractivity contribution in [3.8, 4) is 0 Å². The molecular weight excluding hydrogens is 244 g/mol. The molecule has 1 aliphatic heterocycles. The van der Waals surface area contributed by atoms with Crippen LogP contribution in [0.1, 0.15) is 56.2 Å². The number of hydrogen-bond acceptors (Lipinski definition) is 2. The Bertz CT molecular complexity index is 421. The molecular formula is C18H28N2. The number of benzene rings is 1. The highest BCUT2D eigenvalue weighted by Gasteiger charge is 2.35. The van der Waals surface area contributed by atoms with Gasteiger partial charge in [0, 0.05) is 12.1 Å². The number of likely N-dealkylation sites (N-methyl/N-ethyl adjacent to an activating group) is 1. The van der Waals surface area contributed by atoms with Gasteiger partial charge in [0.1, 0.15) is 0 Å². The molecule has 1 aromatic carbocycles. The summed E-state index contributed by atoms with van der Waals surface area (Å²) in [5.41, 5.74) is 3.10. The van der Waals surface area contributed by atoms with E-state index in [-0.39, 0.29) is 0 Å². The third-order valence-corrected chi connectivity index (χ3v) is 4.99. The van der Waals surface area contributed by atoms with Gasteiger partial charge in [-0.05, 0) is 50.0 Å². The molecule has 1 fully saturated rings. The third kappa shape index (κ3) is 2.91. The molecule has 1 heterocycles. The van der Waals surface area contributed by atoms with Crippen molar-refractivity contribution in [2.24, 2.45) is 0 Å². The Morgan fingerprint density at radius 2 is 1.75 bits per heavy atom. The van der Waals surface area contributed by atoms with E-state index in [1.165, 1.54) is 51.6 Å². The molecule has 0 radical (unpaired) electrons. The molecule has 2 unspecified atom stereocenters. The lowest BCUT2D eigenvalue weighted by Crippen LogP contribution is -2.44. The van der Waals surface area contributed by atoms with Crippen LogP contribution in [0, 0.1) is 0 Å². The number of hydrogen-bond donors (Lipinski definition) is 1. The zero-order valence-corrected chi connectivity index (χ0v) is 12.8. The van der Waals surface area contributed by atoms with Gasteiger partial charge in [-0.3, -0.25) is 4.90 Å². The number of nitrogens with zero attached hydrogens (tertiary/aromatic N) is 1. The van der Waals surface area contributed by atoms with Crippen LogP contribution in [0.5, 0.6) is 0 Å². The molecule has 3 rings (SSSR count). The van der Waals surface area contributed by atoms with Crippen LogP contribution in [0.25, 0.3) is 0 Å². The van der Waals surface area contributed by atoms with Crippen LogP contribution in [-0.2, 0) is 6.42 Å². The molecule has 0 amide bonds. The van der Waals surface area contributed by atoms with E-state index in [0.29, 0.717) is 12.1 Å². The molecule has 2 nitrogen and oxygen atoms in total. The Balaban J connectivity index is 1.78. The van der Waals surface area contributed by atoms with Crippen molar-refractivity contribution in [3.05, 3.63) is 35.4 Å². The summed E-state index contributed by atoms with van der Waals surface area (Å²) in [7, 11) is 0. The minimum Gasteiger partial charge on any atom is -0.309 e. The van der Waals surface area contributed by atoms with Crippen molar-refractivity contribution in [2.45, 2.75) is 57.5 Å². The molecule has 1 aromatic rings. The fraction of sp³-hybridized carbons (Fsp3) is 0.667. The lowest BCUT2D eigenvalue weighted by Gasteiger charge is -2.34. The van der Waals surface area contributed by atoms with Gasteiger partial charge in [0.25, 0.3) is 0 Å². The van der Waals surface area contributed by atoms with Crippen molar-refractivity contribution in [2.75, 3.05) is 19.6 Å². The summed E-state index contributed by atoms with van der Waals surface area (Å²) >= 11 is 0. The first kappa shape index (κ1) is 14.1. The molecule has 110 valence electrons. The summed E-state index contributed by atoms with van der Waals surface area (Å²) in [6.45, 7) is 5.87. The molecule has 0 saturated carbocycles. The quantitative estimate of drug-likeness (QED) is 0.905. The van der Waals surface area contributed by atoms with E-state index in [1.807, 2.05) is 0 Å². The predicted octanol–water partition coefficient (Wildman–Crippen LogP) is 3.53. The van der Waals surface area contributed by atoms with Gasteiger partial charge in [-0.15, -0.1) is 0 Å². The van der Waals surface area contributed by atoms with Gasteiger partial charge in [-0.25, -0.2) is 0 Å². The summed E-state index contributed by atoms with van der Waals surface area (Å²) in [6, 6.07) is 10.2. The third-order valence-electron chi connectivity index (χ3n) is 4.99. The second-order valence-corrected chi connectivity index (χ2v) is 6.31. The molecule has 1 aliphatic carbocycles. The van der Waals surface area contributed by atoms with Gasteiger partial charge in [0.05, 0.1) is 0 Å². The van der Waals surface area contributed by atoms with Gasteiger partial charge in [0.15, 0.2) is 0 Å². The van der Waals surface area contributed by atoms with Crippen molar-refractivity contribution in [3.63, 3.8) is 0 Å². The van der Waals surface area contributed by atoms with Crippen molar-refractivity contribution in [1.29, 1.82) is 0 Å². The molecule has 2 atom stereocenters. The van der Waals surface area contributed by atoms with Crippen LogP contribution in [0.4, 0.5) is 0 Å². The highest BCUT2D eigenvalue weighted by Crippen LogP contribution is 2.35. The van der Waals surface area contributed by atoms with Gasteiger partial charge in [0.2, 0.25) is 0 Å². The highest BCUT2D eigenvalue weighted by atomic mass is 15.2. The first-order valence-electron chi connectivity index (χ1n) is 8.45. The number of rotatable bonds is 3. The lowest BCUT2D eigenvalue weighted by atomic mass is 10.0. The number of likely N-dealkylation sites (tertiary alicyclic amines) is 1. The zero-order chi connectivity index (χ0) is 13.8. The maximum atomic E-state index is 3.74. The Labute approximate surface area is 123 Å². The molecule has 0 bridgehead atoms. The summed E-state index contributed by atoms with van der Waals surface area (Å²) in [6.07, 6.45) is 8.27. The van der Waals surface area contributed by atoms with E-state index >= 15 is 0 Å². The van der Waals surface area contributed by atoms with Crippen LogP contribution >= 0.6 is 0 Å². The van der Waals surface area contributed by atoms with Crippen LogP contribution in [0.15, 0.2) is 24.3 Å². The Morgan fingerprint density at radius 3 is 2.50 bits per heavy atom. The van der Waals surface area contributed by atoms with Gasteiger partial charge in [-0.2, -0.15) is 0 Å². The van der Waals surface area contributed by atoms with Crippen molar-refractivity contribution >= 4 is 0 Å². The summed E-state index contributed by atoms with van der Waals surface area (Å²) in [5, 5.41) is 3.74. The van der Waals surface area contributed by atoms with E-state index in [2.05, 4.69) is 41.4 Å². The molecule has 20 heavy (non-hydrogen) atoms. The first-order chi connectivity index (χ1) is 9.90. The van der Waals surface area contributed by atoms with E-state index in [0.717, 1.165) is 6.54 Å². The van der Waals surface area contributed by atoms with Crippen molar-refractivity contribution in [1.82, 2.24) is 10.2 Å². The topological polar surface area (TPSA) is 15.3 Å². The van der Waals surface area contributed by atoms with Crippen LogP contribution in [0.2, 0.25) is 0 Å². The number of fused-ring (bicyclic) bond motifs is 1. The zero-order valence-electron chi connectivity index (χ0n) is 12.8. The summed E-state index contributed by atoms with van der Waals surface area (Å²) < 4.78 is 0. The summed E-state index contributed by atoms with van der Waals surface area (Å²) in [5.74, 6) is 0. The minimum absolute atomic E-state index is 0.538. The van der Waals surface area contributed by atoms with E-state index in [9.17, 15) is 0 Å². The molecule has 0 aromatic heterocycles. The normalized spacial score (nSPS) is 27.9. The average Bonchev–Trinajstić information content (AvgIpc) is 2.78. The van der Waals surface area contributed by atoms with E-state index in [1.54, 1.807) is 11.1 Å². The average molecular weight is 272 g/mol. The molecule has 2 aliphatic rings. The monoisotopic (exact) mass is 272 g/mol. The number of nitrogens with one attached hydrogen (secondary N) is 1. The van der Waals surface area contributed by atoms with E-state index < -0.39 is 0 Å². The van der Waals surface area contributed by atoms with Crippen LogP contribution in [0.3, 0.4) is 0 Å². The molecule has 1 N–H and O–H groups in total. The Hall–Kier alpha value is -0.860. The van der Waals surface area contributed by atoms with Gasteiger partial charge >= 0.3 is 0 Å². The highest BCUT2D eigenvalue weighted by molar-refractivity contribution is 5.37. The van der Waals surface area contributed by atoms with Crippen LogP contribution in [-0.4, -0.2) is 30.6 Å². The SMILES string of the molecule is CCNC1c2ccccc2CC1N1CCCCCCC1. The fourth-order valence-corrected chi connectivity index (χ4v) is 3.98. The second-order valence-electron chi connectivity index (χ2n) is 6.31. The molecule has 0 spiro atoms. The standard InChI is InChI=1S/C18H28N2/c1-2-19-18-16-11-7-6-10-15(16)14-17(18)20-12-8-4-3-5-9-13-20/h6-7,10-11,17-19H,2-5,8-9,12-14H2,1H3. The van der Waals surface area contributed by atoms with Gasteiger partial charge < -0.3 is 5.32 Å². The molecule has 2 heteroatoms. The van der Waals surface area contributed by atoms with E-state index in [4.69, 9.17) is 0 Å². The predicted molar refractivity (Wildman–Crippen MR) is 85.0 cm³/mol. The maximum absolute atomic E-state index is 3.74. The van der Waals surface area contributed by atoms with Crippen LogP contribution < -0.4 is 5.32 Å². The molecule has 1 saturated heterocycles. The second kappa shape index (κ2) is 6.73. The van der Waals surface area contributed by atoms with Crippen molar-refractivity contribution < 1.29 is 0 Å². The lowest BCUT2D eigenvalue weighted by molar-refractivity contribution is 0.153. The fourth-order valence-electron chi connectivity index (χ4n) is 3.98. The Kier molecular flexibility index (Phi) is 4.74. The first-order valence-corrected chi connectivity index (χ1v) is 8.45. The summed E-state index contributed by atoms with van der Waals surface area (Å²) in [4.78, 5) is 2.77. The minimum atomic E-state index is 0.538. The smallest absolute Gasteiger partial charge is 0.0484 e. The maximum Gasteiger partial charge on any atom is 0.0484 e. The Morgan fingerprint density at radius 1 is 1.05 bits per heavy atom. The largest absolute Gasteiger partial charge is 0.309 e.